The number of fused-ring (bicyclic) bond motifs is 1. The van der Waals surface area contributed by atoms with Gasteiger partial charge in [-0.3, -0.25) is 9.59 Å². The number of carbonyl (C=O) groups excluding carboxylic acids is 2. The number of carbonyl (C=O) groups is 2. The SMILES string of the molecule is C=C1C(=O)c2ccc(O)cc2OC12C1CC(C)C(=O)C2(C/C=C(\C)CO)OC1(C)C. The molecule has 1 aliphatic carbocycles. The van der Waals surface area contributed by atoms with Gasteiger partial charge in [0.1, 0.15) is 11.5 Å². The molecule has 30 heavy (non-hydrogen) atoms. The highest BCUT2D eigenvalue weighted by molar-refractivity contribution is 6.14. The largest absolute Gasteiger partial charge is 0.508 e. The van der Waals surface area contributed by atoms with Gasteiger partial charge in [-0.1, -0.05) is 25.2 Å². The molecule has 1 spiro atoms. The van der Waals surface area contributed by atoms with Gasteiger partial charge in [-0.25, -0.2) is 0 Å². The summed E-state index contributed by atoms with van der Waals surface area (Å²) in [6, 6.07) is 4.34. The van der Waals surface area contributed by atoms with Crippen molar-refractivity contribution in [2.24, 2.45) is 11.8 Å². The van der Waals surface area contributed by atoms with E-state index in [1.54, 1.807) is 13.0 Å². The smallest absolute Gasteiger partial charge is 0.196 e. The van der Waals surface area contributed by atoms with Gasteiger partial charge in [-0.2, -0.15) is 0 Å². The topological polar surface area (TPSA) is 93.1 Å². The lowest BCUT2D eigenvalue weighted by Gasteiger charge is -2.52. The molecule has 2 heterocycles. The molecule has 0 amide bonds. The van der Waals surface area contributed by atoms with Crippen LogP contribution in [0.25, 0.3) is 0 Å². The van der Waals surface area contributed by atoms with E-state index >= 15 is 0 Å². The first-order valence-corrected chi connectivity index (χ1v) is 10.3. The van der Waals surface area contributed by atoms with Crippen LogP contribution in [0.1, 0.15) is 50.9 Å². The highest BCUT2D eigenvalue weighted by Crippen LogP contribution is 2.64. The summed E-state index contributed by atoms with van der Waals surface area (Å²) in [5.74, 6) is -0.818. The number of phenols is 1. The number of aliphatic hydroxyl groups excluding tert-OH is 1. The molecule has 0 radical (unpaired) electrons. The maximum absolute atomic E-state index is 13.7. The lowest BCUT2D eigenvalue weighted by molar-refractivity contribution is -0.170. The molecule has 1 saturated heterocycles. The zero-order chi connectivity index (χ0) is 22.1. The van der Waals surface area contributed by atoms with Crippen LogP contribution in [0.3, 0.4) is 0 Å². The predicted molar refractivity (Wildman–Crippen MR) is 111 cm³/mol. The minimum absolute atomic E-state index is 0.0303. The number of rotatable bonds is 3. The predicted octanol–water partition coefficient (Wildman–Crippen LogP) is 3.36. The Morgan fingerprint density at radius 2 is 2.03 bits per heavy atom. The summed E-state index contributed by atoms with van der Waals surface area (Å²) in [6.07, 6.45) is 2.43. The van der Waals surface area contributed by atoms with Crippen molar-refractivity contribution in [3.8, 4) is 11.5 Å². The van der Waals surface area contributed by atoms with Crippen molar-refractivity contribution in [3.63, 3.8) is 0 Å². The lowest BCUT2D eigenvalue weighted by atomic mass is 9.56. The Kier molecular flexibility index (Phi) is 4.53. The molecule has 0 aromatic heterocycles. The Balaban J connectivity index is 1.99. The van der Waals surface area contributed by atoms with Gasteiger partial charge >= 0.3 is 0 Å². The average molecular weight is 412 g/mol. The fourth-order valence-electron chi connectivity index (χ4n) is 5.54. The molecule has 3 aliphatic rings. The summed E-state index contributed by atoms with van der Waals surface area (Å²) >= 11 is 0. The molecule has 1 aromatic carbocycles. The number of hydrogen-bond donors (Lipinski definition) is 2. The van der Waals surface area contributed by atoms with E-state index in [1.807, 2.05) is 20.8 Å². The van der Waals surface area contributed by atoms with E-state index in [-0.39, 0.29) is 53.5 Å². The van der Waals surface area contributed by atoms with Crippen molar-refractivity contribution in [2.75, 3.05) is 6.61 Å². The third-order valence-electron chi connectivity index (χ3n) is 6.99. The van der Waals surface area contributed by atoms with Gasteiger partial charge in [0, 0.05) is 29.9 Å². The molecule has 2 N–H and O–H groups in total. The van der Waals surface area contributed by atoms with Crippen LogP contribution in [0.5, 0.6) is 11.5 Å². The summed E-state index contributed by atoms with van der Waals surface area (Å²) in [7, 11) is 0. The molecule has 4 rings (SSSR count). The molecule has 2 aliphatic heterocycles. The molecule has 6 nitrogen and oxygen atoms in total. The molecule has 6 heteroatoms. The fourth-order valence-corrected chi connectivity index (χ4v) is 5.54. The molecule has 2 bridgehead atoms. The van der Waals surface area contributed by atoms with E-state index in [0.29, 0.717) is 17.6 Å². The highest BCUT2D eigenvalue weighted by Gasteiger charge is 2.78. The third kappa shape index (κ3) is 2.50. The number of ether oxygens (including phenoxy) is 2. The van der Waals surface area contributed by atoms with E-state index in [4.69, 9.17) is 9.47 Å². The quantitative estimate of drug-likeness (QED) is 0.584. The first-order chi connectivity index (χ1) is 14.0. The van der Waals surface area contributed by atoms with E-state index < -0.39 is 16.8 Å². The zero-order valence-corrected chi connectivity index (χ0v) is 17.8. The molecular weight excluding hydrogens is 384 g/mol. The normalized spacial score (nSPS) is 34.8. The van der Waals surface area contributed by atoms with Crippen molar-refractivity contribution in [1.82, 2.24) is 0 Å². The van der Waals surface area contributed by atoms with Gasteiger partial charge in [0.2, 0.25) is 0 Å². The number of hydrogen-bond acceptors (Lipinski definition) is 6. The molecular formula is C24H28O6. The molecule has 160 valence electrons. The monoisotopic (exact) mass is 412 g/mol. The van der Waals surface area contributed by atoms with Crippen LogP contribution in [0.4, 0.5) is 0 Å². The minimum atomic E-state index is -1.45. The second kappa shape index (κ2) is 6.53. The Morgan fingerprint density at radius 1 is 1.33 bits per heavy atom. The summed E-state index contributed by atoms with van der Waals surface area (Å²) in [5.41, 5.74) is -2.38. The summed E-state index contributed by atoms with van der Waals surface area (Å²) < 4.78 is 13.0. The Hall–Kier alpha value is -2.44. The second-order valence-corrected chi connectivity index (χ2v) is 9.32. The number of ketones is 2. The standard InChI is InChI=1S/C24H28O6/c1-13(12-25)8-9-23-21(28)14(2)10-19(22(4,5)30-23)24(23)15(3)20(27)17-7-6-16(26)11-18(17)29-24/h6-8,11,14,19,25-26H,3,9-10,12H2,1-2,4-5H3/b13-8+. The van der Waals surface area contributed by atoms with Crippen molar-refractivity contribution >= 4 is 11.6 Å². The van der Waals surface area contributed by atoms with Crippen LogP contribution in [0, 0.1) is 11.8 Å². The van der Waals surface area contributed by atoms with Gasteiger partial charge in [0.15, 0.2) is 22.8 Å². The molecule has 1 saturated carbocycles. The lowest BCUT2D eigenvalue weighted by Crippen LogP contribution is -2.69. The van der Waals surface area contributed by atoms with Crippen molar-refractivity contribution in [3.05, 3.63) is 47.6 Å². The Labute approximate surface area is 176 Å². The van der Waals surface area contributed by atoms with E-state index in [2.05, 4.69) is 6.58 Å². The number of Topliss-reactive ketones (excluding diaryl/α,β-unsaturated/α-hetero) is 2. The maximum atomic E-state index is 13.7. The van der Waals surface area contributed by atoms with E-state index in [1.165, 1.54) is 18.2 Å². The first-order valence-electron chi connectivity index (χ1n) is 10.3. The third-order valence-corrected chi connectivity index (χ3v) is 6.99. The van der Waals surface area contributed by atoms with Crippen LogP contribution in [0.15, 0.2) is 42.0 Å². The number of benzene rings is 1. The summed E-state index contributed by atoms with van der Waals surface area (Å²) in [6.45, 7) is 11.4. The van der Waals surface area contributed by atoms with Gasteiger partial charge in [-0.05, 0) is 39.3 Å². The second-order valence-electron chi connectivity index (χ2n) is 9.32. The molecule has 1 aromatic rings. The molecule has 2 fully saturated rings. The zero-order valence-electron chi connectivity index (χ0n) is 17.8. The minimum Gasteiger partial charge on any atom is -0.508 e. The molecule has 4 atom stereocenters. The Morgan fingerprint density at radius 3 is 2.70 bits per heavy atom. The van der Waals surface area contributed by atoms with Gasteiger partial charge in [-0.15, -0.1) is 0 Å². The maximum Gasteiger partial charge on any atom is 0.196 e. The van der Waals surface area contributed by atoms with Crippen LogP contribution in [-0.4, -0.2) is 45.2 Å². The van der Waals surface area contributed by atoms with Crippen LogP contribution in [0.2, 0.25) is 0 Å². The number of aliphatic hydroxyl groups is 1. The van der Waals surface area contributed by atoms with E-state index in [9.17, 15) is 19.8 Å². The van der Waals surface area contributed by atoms with Crippen molar-refractivity contribution < 1.29 is 29.3 Å². The van der Waals surface area contributed by atoms with Crippen molar-refractivity contribution in [1.29, 1.82) is 0 Å². The highest BCUT2D eigenvalue weighted by atomic mass is 16.6. The first kappa shape index (κ1) is 20.8. The van der Waals surface area contributed by atoms with E-state index in [0.717, 1.165) is 0 Å². The summed E-state index contributed by atoms with van der Waals surface area (Å²) in [5, 5.41) is 19.5. The van der Waals surface area contributed by atoms with Gasteiger partial charge in [0.25, 0.3) is 0 Å². The van der Waals surface area contributed by atoms with Crippen molar-refractivity contribution in [2.45, 2.75) is 57.3 Å². The number of aromatic hydroxyl groups is 1. The summed E-state index contributed by atoms with van der Waals surface area (Å²) in [4.78, 5) is 27.1. The average Bonchev–Trinajstić information content (AvgIpc) is 2.83. The number of phenolic OH excluding ortho intramolecular Hbond substituents is 1. The fraction of sp³-hybridized carbons (Fsp3) is 0.500. The molecule has 4 unspecified atom stereocenters. The van der Waals surface area contributed by atoms with Crippen LogP contribution in [-0.2, 0) is 9.53 Å². The van der Waals surface area contributed by atoms with Crippen LogP contribution >= 0.6 is 0 Å². The Bertz CT molecular complexity index is 989. The van der Waals surface area contributed by atoms with Gasteiger partial charge in [0.05, 0.1) is 17.8 Å². The van der Waals surface area contributed by atoms with Gasteiger partial charge < -0.3 is 19.7 Å². The van der Waals surface area contributed by atoms with Crippen LogP contribution < -0.4 is 4.74 Å².